The molecule has 0 saturated carbocycles. The molecule has 9 heteroatoms. The second-order valence-electron chi connectivity index (χ2n) is 8.01. The number of halogens is 3. The molecule has 162 valence electrons. The van der Waals surface area contributed by atoms with Crippen LogP contribution in [0.5, 0.6) is 0 Å². The van der Waals surface area contributed by atoms with E-state index >= 15 is 0 Å². The zero-order valence-electron chi connectivity index (χ0n) is 17.2. The first-order chi connectivity index (χ1) is 14.4. The minimum Gasteiger partial charge on any atom is -0.385 e. The van der Waals surface area contributed by atoms with Gasteiger partial charge in [0.2, 0.25) is 11.9 Å². The molecule has 0 unspecified atom stereocenters. The van der Waals surface area contributed by atoms with Crippen LogP contribution in [0.1, 0.15) is 38.3 Å². The van der Waals surface area contributed by atoms with Gasteiger partial charge in [-0.1, -0.05) is 30.3 Å². The summed E-state index contributed by atoms with van der Waals surface area (Å²) in [6.07, 6.45) is -5.06. The molecule has 31 heavy (non-hydrogen) atoms. The number of anilines is 1. The number of rotatable bonds is 5. The number of hydrogen-bond donors (Lipinski definition) is 2. The van der Waals surface area contributed by atoms with Gasteiger partial charge < -0.3 is 5.11 Å². The number of fused-ring (bicyclic) bond motifs is 1. The summed E-state index contributed by atoms with van der Waals surface area (Å²) < 4.78 is 42.4. The van der Waals surface area contributed by atoms with E-state index in [1.165, 1.54) is 25.1 Å². The van der Waals surface area contributed by atoms with Gasteiger partial charge in [-0.15, -0.1) is 0 Å². The van der Waals surface area contributed by atoms with Gasteiger partial charge in [-0.25, -0.2) is 4.98 Å². The lowest BCUT2D eigenvalue weighted by Crippen LogP contribution is -2.43. The zero-order chi connectivity index (χ0) is 23.0. The molecule has 0 aliphatic carbocycles. The molecule has 2 N–H and O–H groups in total. The van der Waals surface area contributed by atoms with E-state index < -0.39 is 29.6 Å². The fraction of sp³-hybridized carbons (Fsp3) is 0.318. The Morgan fingerprint density at radius 3 is 2.39 bits per heavy atom. The van der Waals surface area contributed by atoms with E-state index in [0.717, 1.165) is 18.4 Å². The van der Waals surface area contributed by atoms with E-state index in [0.29, 0.717) is 5.56 Å². The zero-order valence-corrected chi connectivity index (χ0v) is 17.2. The van der Waals surface area contributed by atoms with Gasteiger partial charge in [-0.3, -0.25) is 14.7 Å². The average Bonchev–Trinajstić information content (AvgIpc) is 3.04. The average molecular weight is 430 g/mol. The van der Waals surface area contributed by atoms with Crippen LogP contribution in [0, 0.1) is 11.3 Å². The lowest BCUT2D eigenvalue weighted by Gasteiger charge is -2.31. The van der Waals surface area contributed by atoms with Crippen molar-refractivity contribution in [1.82, 2.24) is 9.55 Å². The molecule has 0 aliphatic heterocycles. The summed E-state index contributed by atoms with van der Waals surface area (Å²) in [7, 11) is 0. The van der Waals surface area contributed by atoms with Gasteiger partial charge in [0.05, 0.1) is 34.7 Å². The maximum Gasteiger partial charge on any atom is 0.411 e. The van der Waals surface area contributed by atoms with Crippen molar-refractivity contribution >= 4 is 22.9 Å². The highest BCUT2D eigenvalue weighted by Crippen LogP contribution is 2.41. The Labute approximate surface area is 176 Å². The van der Waals surface area contributed by atoms with Gasteiger partial charge in [-0.05, 0) is 44.5 Å². The Morgan fingerprint density at radius 1 is 1.16 bits per heavy atom. The van der Waals surface area contributed by atoms with Crippen LogP contribution < -0.4 is 5.32 Å². The predicted molar refractivity (Wildman–Crippen MR) is 109 cm³/mol. The Balaban J connectivity index is 2.03. The number of imidazole rings is 1. The van der Waals surface area contributed by atoms with E-state index in [-0.39, 0.29) is 22.5 Å². The molecule has 0 saturated heterocycles. The fourth-order valence-corrected chi connectivity index (χ4v) is 3.30. The summed E-state index contributed by atoms with van der Waals surface area (Å²) in [4.78, 5) is 16.8. The van der Waals surface area contributed by atoms with Gasteiger partial charge in [0.25, 0.3) is 0 Å². The normalized spacial score (nSPS) is 14.1. The molecule has 1 amide bonds. The molecule has 0 aliphatic rings. The van der Waals surface area contributed by atoms with Crippen molar-refractivity contribution in [2.75, 3.05) is 5.32 Å². The number of hydrogen-bond acceptors (Lipinski definition) is 4. The first-order valence-electron chi connectivity index (χ1n) is 9.44. The Hall–Kier alpha value is -3.38. The van der Waals surface area contributed by atoms with Gasteiger partial charge in [0.15, 0.2) is 0 Å². The van der Waals surface area contributed by atoms with Gasteiger partial charge in [-0.2, -0.15) is 18.4 Å². The molecular weight excluding hydrogens is 409 g/mol. The summed E-state index contributed by atoms with van der Waals surface area (Å²) in [6.45, 7) is 3.37. The molecule has 2 aromatic carbocycles. The maximum absolute atomic E-state index is 13.9. The molecule has 6 nitrogen and oxygen atoms in total. The quantitative estimate of drug-likeness (QED) is 0.626. The maximum atomic E-state index is 13.9. The number of aromatic nitrogens is 2. The van der Waals surface area contributed by atoms with Crippen LogP contribution in [-0.2, 0) is 15.9 Å². The lowest BCUT2D eigenvalue weighted by atomic mass is 9.92. The predicted octanol–water partition coefficient (Wildman–Crippen LogP) is 4.44. The molecule has 3 rings (SSSR count). The topological polar surface area (TPSA) is 90.9 Å². The number of alkyl halides is 3. The van der Waals surface area contributed by atoms with Crippen LogP contribution in [0.2, 0.25) is 0 Å². The molecular formula is C22H21F3N4O2. The molecule has 1 heterocycles. The van der Waals surface area contributed by atoms with Crippen LogP contribution in [0.25, 0.3) is 11.0 Å². The third kappa shape index (κ3) is 4.25. The summed E-state index contributed by atoms with van der Waals surface area (Å²) >= 11 is 0. The van der Waals surface area contributed by atoms with Crippen LogP contribution in [-0.4, -0.2) is 26.7 Å². The number of benzene rings is 2. The standard InChI is InChI=1S/C22H21F3N4O2/c1-20(2,22(23,24)25)29-17-11-14(13-26)9-10-16(17)27-19(29)28-18(30)12-21(3,31)15-7-5-4-6-8-15/h4-11,31H,12H2,1-3H3,(H,27,28,30)/t21-/m1/s1. The smallest absolute Gasteiger partial charge is 0.385 e. The van der Waals surface area contributed by atoms with Gasteiger partial charge in [0.1, 0.15) is 5.54 Å². The number of aliphatic hydroxyl groups is 1. The molecule has 3 aromatic rings. The largest absolute Gasteiger partial charge is 0.411 e. The van der Waals surface area contributed by atoms with Crippen molar-refractivity contribution < 1.29 is 23.1 Å². The monoisotopic (exact) mass is 430 g/mol. The van der Waals surface area contributed by atoms with Crippen molar-refractivity contribution in [3.8, 4) is 6.07 Å². The minimum atomic E-state index is -4.67. The van der Waals surface area contributed by atoms with Crippen molar-refractivity contribution in [1.29, 1.82) is 5.26 Å². The Bertz CT molecular complexity index is 1160. The molecule has 0 fully saturated rings. The number of amides is 1. The number of carbonyl (C=O) groups is 1. The number of nitrogens with zero attached hydrogens (tertiary/aromatic N) is 3. The van der Waals surface area contributed by atoms with Gasteiger partial charge in [0, 0.05) is 0 Å². The molecule has 1 aromatic heterocycles. The summed E-state index contributed by atoms with van der Waals surface area (Å²) in [6, 6.07) is 14.5. The molecule has 0 spiro atoms. The van der Waals surface area contributed by atoms with E-state index in [1.807, 2.05) is 6.07 Å². The van der Waals surface area contributed by atoms with Crippen molar-refractivity contribution in [2.24, 2.45) is 0 Å². The third-order valence-corrected chi connectivity index (χ3v) is 5.19. The first-order valence-corrected chi connectivity index (χ1v) is 9.44. The fourth-order valence-electron chi connectivity index (χ4n) is 3.30. The summed E-state index contributed by atoms with van der Waals surface area (Å²) in [5, 5.41) is 22.2. The van der Waals surface area contributed by atoms with E-state index in [9.17, 15) is 23.1 Å². The molecule has 0 radical (unpaired) electrons. The SMILES string of the molecule is CC(C)(n1c(NC(=O)C[C@@](C)(O)c2ccccc2)nc2ccc(C#N)cc21)C(F)(F)F. The second-order valence-corrected chi connectivity index (χ2v) is 8.01. The lowest BCUT2D eigenvalue weighted by molar-refractivity contribution is -0.201. The number of nitrogens with one attached hydrogen (secondary N) is 1. The van der Waals surface area contributed by atoms with Crippen LogP contribution in [0.3, 0.4) is 0 Å². The Kier molecular flexibility index (Phi) is 5.54. The van der Waals surface area contributed by atoms with Crippen molar-refractivity contribution in [3.05, 3.63) is 59.7 Å². The minimum absolute atomic E-state index is 0.0616. The van der Waals surface area contributed by atoms with Gasteiger partial charge >= 0.3 is 6.18 Å². The summed E-state index contributed by atoms with van der Waals surface area (Å²) in [5.74, 6) is -1.02. The Morgan fingerprint density at radius 2 is 1.81 bits per heavy atom. The molecule has 1 atom stereocenters. The second kappa shape index (κ2) is 7.71. The highest BCUT2D eigenvalue weighted by molar-refractivity contribution is 5.92. The van der Waals surface area contributed by atoms with Crippen molar-refractivity contribution in [3.63, 3.8) is 0 Å². The first kappa shape index (κ1) is 22.3. The van der Waals surface area contributed by atoms with Crippen molar-refractivity contribution in [2.45, 2.75) is 44.5 Å². The molecule has 0 bridgehead atoms. The van der Waals surface area contributed by atoms with Crippen LogP contribution >= 0.6 is 0 Å². The third-order valence-electron chi connectivity index (χ3n) is 5.19. The number of nitriles is 1. The number of carbonyl (C=O) groups excluding carboxylic acids is 1. The highest BCUT2D eigenvalue weighted by atomic mass is 19.4. The van der Waals surface area contributed by atoms with E-state index in [1.54, 1.807) is 30.3 Å². The van der Waals surface area contributed by atoms with Crippen LogP contribution in [0.4, 0.5) is 19.1 Å². The van der Waals surface area contributed by atoms with E-state index in [2.05, 4.69) is 10.3 Å². The van der Waals surface area contributed by atoms with Crippen LogP contribution in [0.15, 0.2) is 48.5 Å². The highest BCUT2D eigenvalue weighted by Gasteiger charge is 2.50. The summed E-state index contributed by atoms with van der Waals surface area (Å²) in [5.41, 5.74) is -3.05. The van der Waals surface area contributed by atoms with E-state index in [4.69, 9.17) is 5.26 Å².